The third kappa shape index (κ3) is 5.59. The maximum Gasteiger partial charge on any atom is 0.114 e. The molecule has 0 bridgehead atoms. The van der Waals surface area contributed by atoms with Crippen LogP contribution in [-0.4, -0.2) is 24.9 Å². The van der Waals surface area contributed by atoms with E-state index in [-0.39, 0.29) is 12.4 Å². The summed E-state index contributed by atoms with van der Waals surface area (Å²) in [5, 5.41) is 8.97. The van der Waals surface area contributed by atoms with E-state index in [1.54, 1.807) is 6.08 Å². The van der Waals surface area contributed by atoms with Gasteiger partial charge in [-0.05, 0) is 12.5 Å². The SMILES string of the molecule is CC/C=C(\O)COCCN. The van der Waals surface area contributed by atoms with Gasteiger partial charge in [0.05, 0.1) is 6.61 Å². The van der Waals surface area contributed by atoms with Crippen molar-refractivity contribution in [3.63, 3.8) is 0 Å². The molecule has 0 aromatic carbocycles. The van der Waals surface area contributed by atoms with E-state index < -0.39 is 0 Å². The predicted molar refractivity (Wildman–Crippen MR) is 40.9 cm³/mol. The Hall–Kier alpha value is -0.540. The lowest BCUT2D eigenvalue weighted by Crippen LogP contribution is -2.09. The normalized spacial score (nSPS) is 12.0. The molecule has 10 heavy (non-hydrogen) atoms. The van der Waals surface area contributed by atoms with E-state index in [0.29, 0.717) is 13.2 Å². The van der Waals surface area contributed by atoms with E-state index in [0.717, 1.165) is 6.42 Å². The minimum Gasteiger partial charge on any atom is -0.510 e. The van der Waals surface area contributed by atoms with E-state index >= 15 is 0 Å². The van der Waals surface area contributed by atoms with E-state index in [2.05, 4.69) is 0 Å². The Morgan fingerprint density at radius 3 is 2.90 bits per heavy atom. The van der Waals surface area contributed by atoms with Crippen molar-refractivity contribution in [2.24, 2.45) is 5.73 Å². The Balaban J connectivity index is 3.21. The predicted octanol–water partition coefficient (Wildman–Crippen LogP) is 0.814. The molecule has 3 nitrogen and oxygen atoms in total. The summed E-state index contributed by atoms with van der Waals surface area (Å²) in [6.07, 6.45) is 2.55. The van der Waals surface area contributed by atoms with Gasteiger partial charge in [-0.1, -0.05) is 6.92 Å². The van der Waals surface area contributed by atoms with Gasteiger partial charge in [-0.2, -0.15) is 0 Å². The van der Waals surface area contributed by atoms with Crippen molar-refractivity contribution < 1.29 is 9.84 Å². The van der Waals surface area contributed by atoms with Crippen LogP contribution < -0.4 is 5.73 Å². The van der Waals surface area contributed by atoms with Crippen LogP contribution >= 0.6 is 0 Å². The number of ether oxygens (including phenoxy) is 1. The van der Waals surface area contributed by atoms with Crippen molar-refractivity contribution in [2.45, 2.75) is 13.3 Å². The van der Waals surface area contributed by atoms with Gasteiger partial charge < -0.3 is 15.6 Å². The maximum atomic E-state index is 8.97. The molecule has 0 radical (unpaired) electrons. The molecule has 0 aromatic rings. The van der Waals surface area contributed by atoms with Gasteiger partial charge in [-0.25, -0.2) is 0 Å². The van der Waals surface area contributed by atoms with E-state index in [1.165, 1.54) is 0 Å². The van der Waals surface area contributed by atoms with Crippen LogP contribution in [0.4, 0.5) is 0 Å². The van der Waals surface area contributed by atoms with Gasteiger partial charge in [0.15, 0.2) is 0 Å². The molecule has 0 atom stereocenters. The number of hydrogen-bond acceptors (Lipinski definition) is 3. The average Bonchev–Trinajstić information content (AvgIpc) is 1.89. The molecule has 0 unspecified atom stereocenters. The summed E-state index contributed by atoms with van der Waals surface area (Å²) in [6, 6.07) is 0. The first-order valence-electron chi connectivity index (χ1n) is 3.47. The molecule has 3 heteroatoms. The summed E-state index contributed by atoms with van der Waals surface area (Å²) >= 11 is 0. The zero-order valence-corrected chi connectivity index (χ0v) is 6.34. The molecule has 0 rings (SSSR count). The summed E-state index contributed by atoms with van der Waals surface area (Å²) in [5.74, 6) is 0.288. The third-order valence-corrected chi connectivity index (χ3v) is 0.952. The molecule has 0 saturated carbocycles. The van der Waals surface area contributed by atoms with Crippen molar-refractivity contribution in [3.8, 4) is 0 Å². The van der Waals surface area contributed by atoms with Gasteiger partial charge in [0, 0.05) is 6.54 Å². The number of rotatable bonds is 5. The lowest BCUT2D eigenvalue weighted by atomic mass is 10.4. The Bertz CT molecular complexity index is 102. The van der Waals surface area contributed by atoms with Crippen molar-refractivity contribution in [3.05, 3.63) is 11.8 Å². The lowest BCUT2D eigenvalue weighted by molar-refractivity contribution is 0.134. The molecule has 0 aliphatic carbocycles. The summed E-state index contributed by atoms with van der Waals surface area (Å²) in [5.41, 5.74) is 5.16. The highest BCUT2D eigenvalue weighted by Crippen LogP contribution is 1.91. The van der Waals surface area contributed by atoms with E-state index in [1.807, 2.05) is 6.92 Å². The minimum absolute atomic E-state index is 0.283. The highest BCUT2D eigenvalue weighted by molar-refractivity contribution is 4.89. The van der Waals surface area contributed by atoms with Crippen LogP contribution in [0.3, 0.4) is 0 Å². The topological polar surface area (TPSA) is 55.5 Å². The van der Waals surface area contributed by atoms with Crippen LogP contribution in [-0.2, 0) is 4.74 Å². The second kappa shape index (κ2) is 6.58. The first-order chi connectivity index (χ1) is 4.81. The van der Waals surface area contributed by atoms with Gasteiger partial charge in [0.2, 0.25) is 0 Å². The fourth-order valence-corrected chi connectivity index (χ4v) is 0.555. The fraction of sp³-hybridized carbons (Fsp3) is 0.714. The van der Waals surface area contributed by atoms with Crippen LogP contribution in [0.15, 0.2) is 11.8 Å². The number of nitrogens with two attached hydrogens (primary N) is 1. The molecule has 0 fully saturated rings. The average molecular weight is 145 g/mol. The minimum atomic E-state index is 0.283. The maximum absolute atomic E-state index is 8.97. The first kappa shape index (κ1) is 9.46. The molecule has 0 spiro atoms. The smallest absolute Gasteiger partial charge is 0.114 e. The van der Waals surface area contributed by atoms with Crippen LogP contribution in [0.1, 0.15) is 13.3 Å². The van der Waals surface area contributed by atoms with Gasteiger partial charge in [0.1, 0.15) is 12.4 Å². The van der Waals surface area contributed by atoms with Crippen molar-refractivity contribution in [2.75, 3.05) is 19.8 Å². The monoisotopic (exact) mass is 145 g/mol. The molecule has 0 saturated heterocycles. The first-order valence-corrected chi connectivity index (χ1v) is 3.47. The molecule has 0 aromatic heterocycles. The quantitative estimate of drug-likeness (QED) is 0.444. The zero-order valence-electron chi connectivity index (χ0n) is 6.34. The molecule has 3 N–H and O–H groups in total. The summed E-state index contributed by atoms with van der Waals surface area (Å²) < 4.78 is 4.95. The zero-order chi connectivity index (χ0) is 7.82. The van der Waals surface area contributed by atoms with Crippen LogP contribution in [0.2, 0.25) is 0 Å². The van der Waals surface area contributed by atoms with E-state index in [4.69, 9.17) is 15.6 Å². The Morgan fingerprint density at radius 1 is 1.70 bits per heavy atom. The molecule has 0 aliphatic rings. The van der Waals surface area contributed by atoms with Crippen LogP contribution in [0.25, 0.3) is 0 Å². The van der Waals surface area contributed by atoms with Gasteiger partial charge in [-0.3, -0.25) is 0 Å². The number of aliphatic hydroxyl groups is 1. The Labute approximate surface area is 61.5 Å². The van der Waals surface area contributed by atoms with E-state index in [9.17, 15) is 0 Å². The van der Waals surface area contributed by atoms with Gasteiger partial charge >= 0.3 is 0 Å². The fourth-order valence-electron chi connectivity index (χ4n) is 0.555. The molecule has 0 aliphatic heterocycles. The molecule has 60 valence electrons. The Kier molecular flexibility index (Phi) is 6.22. The second-order valence-corrected chi connectivity index (χ2v) is 1.94. The molecule has 0 amide bonds. The summed E-state index contributed by atoms with van der Waals surface area (Å²) in [6.45, 7) is 3.24. The summed E-state index contributed by atoms with van der Waals surface area (Å²) in [7, 11) is 0. The van der Waals surface area contributed by atoms with Gasteiger partial charge in [0.25, 0.3) is 0 Å². The van der Waals surface area contributed by atoms with Gasteiger partial charge in [-0.15, -0.1) is 0 Å². The number of hydrogen-bond donors (Lipinski definition) is 2. The van der Waals surface area contributed by atoms with Crippen LogP contribution in [0, 0.1) is 0 Å². The van der Waals surface area contributed by atoms with Crippen molar-refractivity contribution >= 4 is 0 Å². The summed E-state index contributed by atoms with van der Waals surface area (Å²) in [4.78, 5) is 0. The highest BCUT2D eigenvalue weighted by Gasteiger charge is 1.89. The largest absolute Gasteiger partial charge is 0.510 e. The second-order valence-electron chi connectivity index (χ2n) is 1.94. The molecular weight excluding hydrogens is 130 g/mol. The standard InChI is InChI=1S/C7H15NO2/c1-2-3-7(9)6-10-5-4-8/h3,9H,2,4-6,8H2,1H3/b7-3-. The molecule has 0 heterocycles. The highest BCUT2D eigenvalue weighted by atomic mass is 16.5. The third-order valence-electron chi connectivity index (χ3n) is 0.952. The van der Waals surface area contributed by atoms with Crippen molar-refractivity contribution in [1.82, 2.24) is 0 Å². The Morgan fingerprint density at radius 2 is 2.40 bits per heavy atom. The van der Waals surface area contributed by atoms with Crippen LogP contribution in [0.5, 0.6) is 0 Å². The lowest BCUT2D eigenvalue weighted by Gasteiger charge is -1.99. The number of allylic oxidation sites excluding steroid dienone is 1. The van der Waals surface area contributed by atoms with Crippen molar-refractivity contribution in [1.29, 1.82) is 0 Å². The molecular formula is C7H15NO2. The number of aliphatic hydroxyl groups excluding tert-OH is 1.